The summed E-state index contributed by atoms with van der Waals surface area (Å²) in [6.45, 7) is -2.20. The lowest BCUT2D eigenvalue weighted by atomic mass is 9.91. The third-order valence-corrected chi connectivity index (χ3v) is 3.80. The molecule has 1 aromatic rings. The van der Waals surface area contributed by atoms with Gasteiger partial charge in [-0.1, -0.05) is 0 Å². The van der Waals surface area contributed by atoms with Crippen LogP contribution in [0.1, 0.15) is 30.5 Å². The van der Waals surface area contributed by atoms with Gasteiger partial charge in [-0.05, 0) is 31.4 Å². The maximum absolute atomic E-state index is 12.5. The highest BCUT2D eigenvalue weighted by Gasteiger charge is 2.36. The molecule has 0 spiro atoms. The Kier molecular flexibility index (Phi) is 5.77. The SMILES string of the molecule is O=C(OCC(F)(F)F)C(=O)N(Cc1ccc(C(F)(F)F)cn1)C1CCC1. The van der Waals surface area contributed by atoms with Gasteiger partial charge in [-0.2, -0.15) is 26.3 Å². The Hall–Kier alpha value is -2.33. The van der Waals surface area contributed by atoms with Crippen molar-refractivity contribution in [2.45, 2.75) is 44.2 Å². The Balaban J connectivity index is 2.07. The zero-order valence-electron chi connectivity index (χ0n) is 13.2. The molecular weight excluding hydrogens is 370 g/mol. The fourth-order valence-corrected chi connectivity index (χ4v) is 2.25. The number of alkyl halides is 6. The van der Waals surface area contributed by atoms with Crippen molar-refractivity contribution < 1.29 is 40.7 Å². The van der Waals surface area contributed by atoms with Gasteiger partial charge in [0.05, 0.1) is 17.8 Å². The van der Waals surface area contributed by atoms with Crippen molar-refractivity contribution in [3.63, 3.8) is 0 Å². The van der Waals surface area contributed by atoms with Crippen LogP contribution in [0, 0.1) is 0 Å². The maximum atomic E-state index is 12.5. The number of rotatable bonds is 4. The second-order valence-electron chi connectivity index (χ2n) is 5.75. The first-order valence-electron chi connectivity index (χ1n) is 7.54. The molecule has 1 amide bonds. The molecule has 2 rings (SSSR count). The minimum absolute atomic E-state index is 0.0712. The van der Waals surface area contributed by atoms with Crippen LogP contribution in [0.2, 0.25) is 0 Å². The topological polar surface area (TPSA) is 59.5 Å². The Morgan fingerprint density at radius 1 is 1.15 bits per heavy atom. The van der Waals surface area contributed by atoms with E-state index in [9.17, 15) is 35.9 Å². The van der Waals surface area contributed by atoms with Gasteiger partial charge in [0.15, 0.2) is 6.61 Å². The predicted octanol–water partition coefficient (Wildman–Crippen LogP) is 3.09. The number of carbonyl (C=O) groups excluding carboxylic acids is 2. The summed E-state index contributed by atoms with van der Waals surface area (Å²) in [5.74, 6) is -2.94. The first kappa shape index (κ1) is 20.0. The molecule has 1 aliphatic carbocycles. The van der Waals surface area contributed by atoms with Gasteiger partial charge in [0.25, 0.3) is 0 Å². The molecule has 0 atom stereocenters. The van der Waals surface area contributed by atoms with E-state index in [1.54, 1.807) is 0 Å². The Morgan fingerprint density at radius 2 is 1.81 bits per heavy atom. The van der Waals surface area contributed by atoms with Gasteiger partial charge in [0.2, 0.25) is 0 Å². The largest absolute Gasteiger partial charge is 0.449 e. The molecule has 0 aliphatic heterocycles. The fourth-order valence-electron chi connectivity index (χ4n) is 2.25. The van der Waals surface area contributed by atoms with Crippen molar-refractivity contribution in [2.24, 2.45) is 0 Å². The van der Waals surface area contributed by atoms with E-state index in [-0.39, 0.29) is 12.2 Å². The highest BCUT2D eigenvalue weighted by atomic mass is 19.4. The van der Waals surface area contributed by atoms with E-state index >= 15 is 0 Å². The molecule has 1 aromatic heterocycles. The third kappa shape index (κ3) is 5.33. The minimum Gasteiger partial charge on any atom is -0.449 e. The molecule has 1 heterocycles. The number of pyridine rings is 1. The smallest absolute Gasteiger partial charge is 0.422 e. The molecule has 0 N–H and O–H groups in total. The highest BCUT2D eigenvalue weighted by Crippen LogP contribution is 2.29. The van der Waals surface area contributed by atoms with E-state index in [4.69, 9.17) is 0 Å². The van der Waals surface area contributed by atoms with Crippen LogP contribution >= 0.6 is 0 Å². The van der Waals surface area contributed by atoms with Crippen LogP contribution in [-0.4, -0.2) is 40.6 Å². The molecular formula is C15H14F6N2O3. The summed E-state index contributed by atoms with van der Waals surface area (Å²) in [6, 6.07) is 1.42. The lowest BCUT2D eigenvalue weighted by Gasteiger charge is -2.36. The number of esters is 1. The fraction of sp³-hybridized carbons (Fsp3) is 0.533. The molecule has 0 radical (unpaired) electrons. The molecule has 0 aromatic carbocycles. The standard InChI is InChI=1S/C15H14F6N2O3/c16-14(17,18)8-26-13(25)12(24)23(11-2-1-3-11)7-10-5-4-9(6-22-10)15(19,20)21/h4-6,11H,1-3,7-8H2. The molecule has 0 unspecified atom stereocenters. The van der Waals surface area contributed by atoms with Gasteiger partial charge in [0, 0.05) is 12.2 Å². The summed E-state index contributed by atoms with van der Waals surface area (Å²) in [7, 11) is 0. The molecule has 1 fully saturated rings. The number of nitrogens with zero attached hydrogens (tertiary/aromatic N) is 2. The van der Waals surface area contributed by atoms with Crippen LogP contribution in [-0.2, 0) is 27.0 Å². The number of amides is 1. The van der Waals surface area contributed by atoms with E-state index in [0.29, 0.717) is 19.0 Å². The number of ether oxygens (including phenoxy) is 1. The molecule has 0 saturated heterocycles. The van der Waals surface area contributed by atoms with E-state index in [1.807, 2.05) is 0 Å². The molecule has 26 heavy (non-hydrogen) atoms. The summed E-state index contributed by atoms with van der Waals surface area (Å²) < 4.78 is 77.8. The molecule has 5 nitrogen and oxygen atoms in total. The van der Waals surface area contributed by atoms with E-state index in [1.165, 1.54) is 0 Å². The molecule has 1 saturated carbocycles. The van der Waals surface area contributed by atoms with Gasteiger partial charge in [0.1, 0.15) is 0 Å². The average Bonchev–Trinajstić information content (AvgIpc) is 2.48. The summed E-state index contributed by atoms with van der Waals surface area (Å²) in [4.78, 5) is 28.3. The second-order valence-corrected chi connectivity index (χ2v) is 5.75. The van der Waals surface area contributed by atoms with Crippen LogP contribution in [0.3, 0.4) is 0 Å². The van der Waals surface area contributed by atoms with Gasteiger partial charge in [-0.3, -0.25) is 9.78 Å². The zero-order valence-corrected chi connectivity index (χ0v) is 13.2. The lowest BCUT2D eigenvalue weighted by Crippen LogP contribution is -2.47. The molecule has 0 bridgehead atoms. The predicted molar refractivity (Wildman–Crippen MR) is 74.4 cm³/mol. The number of halogens is 6. The first-order valence-corrected chi connectivity index (χ1v) is 7.54. The Labute approximate surface area is 143 Å². The monoisotopic (exact) mass is 384 g/mol. The summed E-state index contributed by atoms with van der Waals surface area (Å²) in [6.07, 6.45) is -6.95. The normalized spacial score (nSPS) is 15.3. The first-order chi connectivity index (χ1) is 12.0. The van der Waals surface area contributed by atoms with E-state index < -0.39 is 42.4 Å². The van der Waals surface area contributed by atoms with Crippen molar-refractivity contribution in [1.29, 1.82) is 0 Å². The van der Waals surface area contributed by atoms with Crippen LogP contribution in [0.5, 0.6) is 0 Å². The number of carbonyl (C=O) groups is 2. The Bertz CT molecular complexity index is 653. The zero-order chi connectivity index (χ0) is 19.5. The molecule has 144 valence electrons. The van der Waals surface area contributed by atoms with Gasteiger partial charge >= 0.3 is 24.2 Å². The number of hydrogen-bond donors (Lipinski definition) is 0. The molecule has 1 aliphatic rings. The summed E-state index contributed by atoms with van der Waals surface area (Å²) >= 11 is 0. The summed E-state index contributed by atoms with van der Waals surface area (Å²) in [5, 5.41) is 0. The van der Waals surface area contributed by atoms with Gasteiger partial charge in [-0.15, -0.1) is 0 Å². The van der Waals surface area contributed by atoms with E-state index in [0.717, 1.165) is 23.5 Å². The van der Waals surface area contributed by atoms with Crippen molar-refractivity contribution in [2.75, 3.05) is 6.61 Å². The van der Waals surface area contributed by atoms with E-state index in [2.05, 4.69) is 9.72 Å². The van der Waals surface area contributed by atoms with Gasteiger partial charge in [-0.25, -0.2) is 4.79 Å². The van der Waals surface area contributed by atoms with Crippen LogP contribution in [0.25, 0.3) is 0 Å². The van der Waals surface area contributed by atoms with Crippen LogP contribution in [0.15, 0.2) is 18.3 Å². The van der Waals surface area contributed by atoms with Crippen molar-refractivity contribution in [3.05, 3.63) is 29.6 Å². The number of aromatic nitrogens is 1. The Morgan fingerprint density at radius 3 is 2.23 bits per heavy atom. The average molecular weight is 384 g/mol. The lowest BCUT2D eigenvalue weighted by molar-refractivity contribution is -0.190. The van der Waals surface area contributed by atoms with Gasteiger partial charge < -0.3 is 9.64 Å². The maximum Gasteiger partial charge on any atom is 0.422 e. The van der Waals surface area contributed by atoms with Crippen molar-refractivity contribution >= 4 is 11.9 Å². The van der Waals surface area contributed by atoms with Crippen LogP contribution in [0.4, 0.5) is 26.3 Å². The highest BCUT2D eigenvalue weighted by molar-refractivity contribution is 6.32. The van der Waals surface area contributed by atoms with Crippen LogP contribution < -0.4 is 0 Å². The van der Waals surface area contributed by atoms with Crippen molar-refractivity contribution in [3.8, 4) is 0 Å². The van der Waals surface area contributed by atoms with Crippen molar-refractivity contribution in [1.82, 2.24) is 9.88 Å². The second kappa shape index (κ2) is 7.50. The minimum atomic E-state index is -4.77. The molecule has 11 heteroatoms. The quantitative estimate of drug-likeness (QED) is 0.455. The number of hydrogen-bond acceptors (Lipinski definition) is 4. The third-order valence-electron chi connectivity index (χ3n) is 3.80. The summed E-state index contributed by atoms with van der Waals surface area (Å²) in [5.41, 5.74) is -0.908.